The van der Waals surface area contributed by atoms with E-state index in [1.165, 1.54) is 0 Å². The largest absolute Gasteiger partial charge is 0.459 e. The molecule has 21 heavy (non-hydrogen) atoms. The first-order valence-corrected chi connectivity index (χ1v) is 7.36. The van der Waals surface area contributed by atoms with Crippen LogP contribution in [-0.2, 0) is 20.7 Å². The summed E-state index contributed by atoms with van der Waals surface area (Å²) in [5, 5.41) is 3.44. The molecule has 0 aliphatic carbocycles. The van der Waals surface area contributed by atoms with Crippen LogP contribution >= 0.6 is 23.2 Å². The number of benzene rings is 1. The molecule has 0 aliphatic heterocycles. The Morgan fingerprint density at radius 3 is 2.52 bits per heavy atom. The van der Waals surface area contributed by atoms with Crippen molar-refractivity contribution in [2.24, 2.45) is 0 Å². The van der Waals surface area contributed by atoms with Gasteiger partial charge in [0, 0.05) is 6.42 Å². The van der Waals surface area contributed by atoms with Gasteiger partial charge in [-0.15, -0.1) is 0 Å². The lowest BCUT2D eigenvalue weighted by Gasteiger charge is -2.19. The molecule has 0 spiro atoms. The highest BCUT2D eigenvalue weighted by atomic mass is 35.5. The lowest BCUT2D eigenvalue weighted by molar-refractivity contribution is -0.154. The van der Waals surface area contributed by atoms with Gasteiger partial charge in [-0.25, -0.2) is 0 Å². The summed E-state index contributed by atoms with van der Waals surface area (Å²) < 4.78 is 5.09. The number of amides is 1. The van der Waals surface area contributed by atoms with Crippen LogP contribution in [0.1, 0.15) is 32.8 Å². The first-order valence-electron chi connectivity index (χ1n) is 6.60. The van der Waals surface area contributed by atoms with Crippen molar-refractivity contribution in [3.05, 3.63) is 33.8 Å². The minimum Gasteiger partial charge on any atom is -0.459 e. The van der Waals surface area contributed by atoms with Crippen LogP contribution in [0.15, 0.2) is 18.2 Å². The molecule has 0 bridgehead atoms. The van der Waals surface area contributed by atoms with Gasteiger partial charge in [0.25, 0.3) is 0 Å². The summed E-state index contributed by atoms with van der Waals surface area (Å²) >= 11 is 11.9. The lowest BCUT2D eigenvalue weighted by Crippen LogP contribution is -2.34. The number of hydrogen-bond acceptors (Lipinski definition) is 3. The normalized spacial score (nSPS) is 11.1. The fourth-order valence-corrected chi connectivity index (χ4v) is 2.04. The van der Waals surface area contributed by atoms with Crippen LogP contribution in [0.25, 0.3) is 0 Å². The molecule has 1 aromatic carbocycles. The van der Waals surface area contributed by atoms with Crippen LogP contribution in [0.2, 0.25) is 10.0 Å². The second-order valence-corrected chi connectivity index (χ2v) is 6.36. The Balaban J connectivity index is 2.38. The molecule has 0 saturated heterocycles. The molecule has 1 amide bonds. The molecule has 6 heteroatoms. The van der Waals surface area contributed by atoms with Crippen LogP contribution < -0.4 is 5.32 Å². The quantitative estimate of drug-likeness (QED) is 0.841. The summed E-state index contributed by atoms with van der Waals surface area (Å²) in [7, 11) is 0. The van der Waals surface area contributed by atoms with Gasteiger partial charge in [-0.3, -0.25) is 9.59 Å². The predicted molar refractivity (Wildman–Crippen MR) is 83.6 cm³/mol. The van der Waals surface area contributed by atoms with Gasteiger partial charge in [0.05, 0.1) is 10.0 Å². The van der Waals surface area contributed by atoms with E-state index in [1.807, 2.05) is 6.07 Å². The zero-order chi connectivity index (χ0) is 16.0. The molecule has 0 unspecified atom stereocenters. The van der Waals surface area contributed by atoms with Gasteiger partial charge >= 0.3 is 5.97 Å². The molecule has 1 aromatic rings. The summed E-state index contributed by atoms with van der Waals surface area (Å²) in [6.45, 7) is 5.18. The third-order valence-corrected chi connectivity index (χ3v) is 3.36. The van der Waals surface area contributed by atoms with Gasteiger partial charge in [0.15, 0.2) is 0 Å². The highest BCUT2D eigenvalue weighted by molar-refractivity contribution is 6.42. The third kappa shape index (κ3) is 6.82. The van der Waals surface area contributed by atoms with Crippen molar-refractivity contribution in [3.8, 4) is 0 Å². The number of carbonyl (C=O) groups is 2. The van der Waals surface area contributed by atoms with Crippen molar-refractivity contribution in [1.82, 2.24) is 5.32 Å². The Kier molecular flexibility index (Phi) is 6.49. The molecule has 4 nitrogen and oxygen atoms in total. The zero-order valence-corrected chi connectivity index (χ0v) is 13.8. The van der Waals surface area contributed by atoms with Gasteiger partial charge in [0.1, 0.15) is 12.1 Å². The van der Waals surface area contributed by atoms with Gasteiger partial charge in [-0.1, -0.05) is 35.3 Å². The van der Waals surface area contributed by atoms with Crippen LogP contribution in [0.4, 0.5) is 0 Å². The Morgan fingerprint density at radius 1 is 1.24 bits per heavy atom. The molecular formula is C15H19Cl2NO3. The lowest BCUT2D eigenvalue weighted by atomic mass is 10.1. The Hall–Kier alpha value is -1.26. The topological polar surface area (TPSA) is 55.4 Å². The Morgan fingerprint density at radius 2 is 1.90 bits per heavy atom. The number of rotatable bonds is 5. The number of ether oxygens (including phenoxy) is 1. The summed E-state index contributed by atoms with van der Waals surface area (Å²) in [5.41, 5.74) is 0.243. The highest BCUT2D eigenvalue weighted by Crippen LogP contribution is 2.26. The van der Waals surface area contributed by atoms with Crippen LogP contribution in [-0.4, -0.2) is 24.0 Å². The minimum atomic E-state index is -0.559. The number of esters is 1. The third-order valence-electron chi connectivity index (χ3n) is 2.50. The van der Waals surface area contributed by atoms with Gasteiger partial charge in [-0.05, 0) is 38.8 Å². The first-order chi connectivity index (χ1) is 9.69. The maximum atomic E-state index is 11.7. The maximum Gasteiger partial charge on any atom is 0.325 e. The van der Waals surface area contributed by atoms with E-state index in [1.54, 1.807) is 32.9 Å². The van der Waals surface area contributed by atoms with Crippen molar-refractivity contribution in [1.29, 1.82) is 0 Å². The van der Waals surface area contributed by atoms with Crippen LogP contribution in [0, 0.1) is 0 Å². The smallest absolute Gasteiger partial charge is 0.325 e. The van der Waals surface area contributed by atoms with Crippen molar-refractivity contribution in [2.75, 3.05) is 6.54 Å². The van der Waals surface area contributed by atoms with Gasteiger partial charge in [-0.2, -0.15) is 0 Å². The molecule has 1 rings (SSSR count). The van der Waals surface area contributed by atoms with Crippen molar-refractivity contribution in [2.45, 2.75) is 39.2 Å². The average molecular weight is 332 g/mol. The van der Waals surface area contributed by atoms with Crippen molar-refractivity contribution >= 4 is 35.1 Å². The summed E-state index contributed by atoms with van der Waals surface area (Å²) in [5.74, 6) is -0.700. The molecule has 0 saturated carbocycles. The molecule has 1 N–H and O–H groups in total. The van der Waals surface area contributed by atoms with Crippen LogP contribution in [0.3, 0.4) is 0 Å². The summed E-state index contributed by atoms with van der Waals surface area (Å²) in [6.07, 6.45) is 0.683. The maximum absolute atomic E-state index is 11.7. The number of halogens is 2. The number of nitrogens with one attached hydrogen (secondary N) is 1. The number of carbonyl (C=O) groups excluding carboxylic acids is 2. The van der Waals surface area contributed by atoms with Crippen LogP contribution in [0.5, 0.6) is 0 Å². The molecule has 116 valence electrons. The van der Waals surface area contributed by atoms with Gasteiger partial charge < -0.3 is 10.1 Å². The van der Waals surface area contributed by atoms with E-state index in [-0.39, 0.29) is 18.9 Å². The summed E-state index contributed by atoms with van der Waals surface area (Å²) in [6, 6.07) is 5.29. The second kappa shape index (κ2) is 7.66. The van der Waals surface area contributed by atoms with E-state index < -0.39 is 11.6 Å². The van der Waals surface area contributed by atoms with E-state index in [9.17, 15) is 9.59 Å². The highest BCUT2D eigenvalue weighted by Gasteiger charge is 2.16. The molecule has 0 aromatic heterocycles. The van der Waals surface area contributed by atoms with E-state index in [4.69, 9.17) is 27.9 Å². The standard InChI is InChI=1S/C15H19Cl2NO3/c1-15(2,3)21-13(20)9-18-12(19)8-7-10-5-4-6-11(16)14(10)17/h4-6H,7-9H2,1-3H3,(H,18,19). The fraction of sp³-hybridized carbons (Fsp3) is 0.467. The predicted octanol–water partition coefficient (Wildman–Crippen LogP) is 3.38. The molecule has 0 heterocycles. The monoisotopic (exact) mass is 331 g/mol. The van der Waals surface area contributed by atoms with E-state index in [0.717, 1.165) is 5.56 Å². The Labute approximate surface area is 134 Å². The number of aryl methyl sites for hydroxylation is 1. The molecule has 0 radical (unpaired) electrons. The molecule has 0 atom stereocenters. The van der Waals surface area contributed by atoms with E-state index in [2.05, 4.69) is 5.32 Å². The molecular weight excluding hydrogens is 313 g/mol. The second-order valence-electron chi connectivity index (χ2n) is 5.58. The van der Waals surface area contributed by atoms with E-state index in [0.29, 0.717) is 16.5 Å². The fourth-order valence-electron chi connectivity index (χ4n) is 1.63. The minimum absolute atomic E-state index is 0.140. The SMILES string of the molecule is CC(C)(C)OC(=O)CNC(=O)CCc1cccc(Cl)c1Cl. The molecule has 0 aliphatic rings. The average Bonchev–Trinajstić information content (AvgIpc) is 2.36. The van der Waals surface area contributed by atoms with E-state index >= 15 is 0 Å². The van der Waals surface area contributed by atoms with Gasteiger partial charge in [0.2, 0.25) is 5.91 Å². The first kappa shape index (κ1) is 17.8. The number of hydrogen-bond donors (Lipinski definition) is 1. The van der Waals surface area contributed by atoms with Crippen molar-refractivity contribution in [3.63, 3.8) is 0 Å². The summed E-state index contributed by atoms with van der Waals surface area (Å²) in [4.78, 5) is 23.1. The molecule has 0 fully saturated rings. The Bertz CT molecular complexity index is 524. The zero-order valence-electron chi connectivity index (χ0n) is 12.3. The van der Waals surface area contributed by atoms with Crippen molar-refractivity contribution < 1.29 is 14.3 Å².